The molecule has 0 amide bonds. The van der Waals surface area contributed by atoms with Gasteiger partial charge in [-0.25, -0.2) is 0 Å². The molecule has 0 aliphatic carbocycles. The fourth-order valence-corrected chi connectivity index (χ4v) is 2.04. The third-order valence-electron chi connectivity index (χ3n) is 3.21. The van der Waals surface area contributed by atoms with Crippen LogP contribution < -0.4 is 5.32 Å². The third kappa shape index (κ3) is 5.17. The second-order valence-corrected chi connectivity index (χ2v) is 4.86. The van der Waals surface area contributed by atoms with Crippen LogP contribution in [-0.2, 0) is 4.74 Å². The van der Waals surface area contributed by atoms with Gasteiger partial charge in [-0.2, -0.15) is 0 Å². The van der Waals surface area contributed by atoms with E-state index in [2.05, 4.69) is 48.5 Å². The van der Waals surface area contributed by atoms with Crippen LogP contribution in [-0.4, -0.2) is 45.8 Å². The Morgan fingerprint density at radius 2 is 1.94 bits per heavy atom. The van der Waals surface area contributed by atoms with Crippen LogP contribution in [0.15, 0.2) is 24.3 Å². The number of hydrogen-bond donors (Lipinski definition) is 1. The van der Waals surface area contributed by atoms with Crippen molar-refractivity contribution in [2.24, 2.45) is 0 Å². The summed E-state index contributed by atoms with van der Waals surface area (Å²) in [5.41, 5.74) is 2.66. The SMILES string of the molecule is CNC(CN(C)CCCOC)c1ccc(C)cc1. The Bertz CT molecular complexity index is 324. The van der Waals surface area contributed by atoms with Crippen molar-refractivity contribution in [2.45, 2.75) is 19.4 Å². The number of rotatable bonds is 8. The molecule has 1 N–H and O–H groups in total. The molecule has 0 aromatic heterocycles. The molecule has 1 aromatic carbocycles. The van der Waals surface area contributed by atoms with E-state index in [-0.39, 0.29) is 0 Å². The number of methoxy groups -OCH3 is 1. The number of nitrogens with one attached hydrogen (secondary N) is 1. The van der Waals surface area contributed by atoms with E-state index >= 15 is 0 Å². The zero-order chi connectivity index (χ0) is 13.4. The van der Waals surface area contributed by atoms with E-state index < -0.39 is 0 Å². The average molecular weight is 250 g/mol. The van der Waals surface area contributed by atoms with Gasteiger partial charge in [0.25, 0.3) is 0 Å². The van der Waals surface area contributed by atoms with Gasteiger partial charge in [0.1, 0.15) is 0 Å². The summed E-state index contributed by atoms with van der Waals surface area (Å²) in [5.74, 6) is 0. The summed E-state index contributed by atoms with van der Waals surface area (Å²) in [4.78, 5) is 2.35. The lowest BCUT2D eigenvalue weighted by molar-refractivity contribution is 0.176. The van der Waals surface area contributed by atoms with Crippen molar-refractivity contribution in [1.82, 2.24) is 10.2 Å². The minimum absolute atomic E-state index is 0.387. The summed E-state index contributed by atoms with van der Waals surface area (Å²) in [6.07, 6.45) is 1.08. The van der Waals surface area contributed by atoms with Gasteiger partial charge in [0.05, 0.1) is 0 Å². The van der Waals surface area contributed by atoms with Crippen LogP contribution in [0.5, 0.6) is 0 Å². The molecular formula is C15H26N2O. The van der Waals surface area contributed by atoms with E-state index in [0.29, 0.717) is 6.04 Å². The highest BCUT2D eigenvalue weighted by atomic mass is 16.5. The fourth-order valence-electron chi connectivity index (χ4n) is 2.04. The highest BCUT2D eigenvalue weighted by molar-refractivity contribution is 5.24. The monoisotopic (exact) mass is 250 g/mol. The van der Waals surface area contributed by atoms with Gasteiger partial charge in [-0.15, -0.1) is 0 Å². The molecule has 18 heavy (non-hydrogen) atoms. The van der Waals surface area contributed by atoms with Gasteiger partial charge < -0.3 is 15.0 Å². The fraction of sp³-hybridized carbons (Fsp3) is 0.600. The average Bonchev–Trinajstić information content (AvgIpc) is 2.37. The zero-order valence-corrected chi connectivity index (χ0v) is 12.1. The van der Waals surface area contributed by atoms with Crippen LogP contribution in [0.2, 0.25) is 0 Å². The van der Waals surface area contributed by atoms with Crippen molar-refractivity contribution in [3.05, 3.63) is 35.4 Å². The summed E-state index contributed by atoms with van der Waals surface area (Å²) >= 11 is 0. The molecule has 102 valence electrons. The second-order valence-electron chi connectivity index (χ2n) is 4.86. The second kappa shape index (κ2) is 8.25. The highest BCUT2D eigenvalue weighted by Gasteiger charge is 2.11. The van der Waals surface area contributed by atoms with Crippen molar-refractivity contribution >= 4 is 0 Å². The van der Waals surface area contributed by atoms with Gasteiger partial charge in [-0.1, -0.05) is 29.8 Å². The molecule has 3 nitrogen and oxygen atoms in total. The lowest BCUT2D eigenvalue weighted by Gasteiger charge is -2.24. The smallest absolute Gasteiger partial charge is 0.0474 e. The van der Waals surface area contributed by atoms with Gasteiger partial charge in [0, 0.05) is 32.8 Å². The highest BCUT2D eigenvalue weighted by Crippen LogP contribution is 2.14. The lowest BCUT2D eigenvalue weighted by atomic mass is 10.0. The Labute approximate surface area is 111 Å². The van der Waals surface area contributed by atoms with E-state index in [1.54, 1.807) is 7.11 Å². The first kappa shape index (κ1) is 15.2. The molecule has 0 bridgehead atoms. The predicted molar refractivity (Wildman–Crippen MR) is 77.0 cm³/mol. The molecular weight excluding hydrogens is 224 g/mol. The van der Waals surface area contributed by atoms with Crippen molar-refractivity contribution in [1.29, 1.82) is 0 Å². The quantitative estimate of drug-likeness (QED) is 0.716. The van der Waals surface area contributed by atoms with E-state index in [9.17, 15) is 0 Å². The molecule has 0 spiro atoms. The van der Waals surface area contributed by atoms with Crippen LogP contribution in [0.3, 0.4) is 0 Å². The molecule has 0 heterocycles. The number of ether oxygens (including phenoxy) is 1. The van der Waals surface area contributed by atoms with Crippen LogP contribution in [0.4, 0.5) is 0 Å². The summed E-state index contributed by atoms with van der Waals surface area (Å²) in [6.45, 7) is 5.04. The molecule has 0 radical (unpaired) electrons. The largest absolute Gasteiger partial charge is 0.385 e. The van der Waals surface area contributed by atoms with Crippen molar-refractivity contribution in [2.75, 3.05) is 40.9 Å². The topological polar surface area (TPSA) is 24.5 Å². The van der Waals surface area contributed by atoms with Gasteiger partial charge in [0.15, 0.2) is 0 Å². The Morgan fingerprint density at radius 1 is 1.28 bits per heavy atom. The number of likely N-dealkylation sites (N-methyl/N-ethyl adjacent to an activating group) is 2. The van der Waals surface area contributed by atoms with Gasteiger partial charge in [-0.05, 0) is 33.0 Å². The maximum atomic E-state index is 5.08. The van der Waals surface area contributed by atoms with Crippen LogP contribution >= 0.6 is 0 Å². The normalized spacial score (nSPS) is 12.9. The molecule has 0 fully saturated rings. The van der Waals surface area contributed by atoms with Crippen LogP contribution in [0.25, 0.3) is 0 Å². The Hall–Kier alpha value is -0.900. The standard InChI is InChI=1S/C15H26N2O/c1-13-6-8-14(9-7-13)15(16-2)12-17(3)10-5-11-18-4/h6-9,15-16H,5,10-12H2,1-4H3. The summed E-state index contributed by atoms with van der Waals surface area (Å²) < 4.78 is 5.08. The molecule has 1 unspecified atom stereocenters. The summed E-state index contributed by atoms with van der Waals surface area (Å²) in [6, 6.07) is 9.15. The first-order chi connectivity index (χ1) is 8.67. The van der Waals surface area contributed by atoms with E-state index in [1.165, 1.54) is 11.1 Å². The first-order valence-electron chi connectivity index (χ1n) is 6.58. The van der Waals surface area contributed by atoms with Crippen molar-refractivity contribution in [3.8, 4) is 0 Å². The van der Waals surface area contributed by atoms with Crippen molar-refractivity contribution in [3.63, 3.8) is 0 Å². The first-order valence-corrected chi connectivity index (χ1v) is 6.58. The predicted octanol–water partition coefficient (Wildman–Crippen LogP) is 2.22. The number of aryl methyl sites for hydroxylation is 1. The van der Waals surface area contributed by atoms with Crippen LogP contribution in [0, 0.1) is 6.92 Å². The van der Waals surface area contributed by atoms with E-state index in [1.807, 2.05) is 7.05 Å². The summed E-state index contributed by atoms with van der Waals surface area (Å²) in [7, 11) is 5.93. The molecule has 0 aliphatic heterocycles. The molecule has 0 aliphatic rings. The molecule has 0 saturated carbocycles. The maximum Gasteiger partial charge on any atom is 0.0474 e. The number of hydrogen-bond acceptors (Lipinski definition) is 3. The maximum absolute atomic E-state index is 5.08. The van der Waals surface area contributed by atoms with E-state index in [0.717, 1.165) is 26.1 Å². The molecule has 1 rings (SSSR count). The Balaban J connectivity index is 2.48. The number of nitrogens with zero attached hydrogens (tertiary/aromatic N) is 1. The lowest BCUT2D eigenvalue weighted by Crippen LogP contribution is -2.32. The minimum atomic E-state index is 0.387. The third-order valence-corrected chi connectivity index (χ3v) is 3.21. The van der Waals surface area contributed by atoms with Crippen molar-refractivity contribution < 1.29 is 4.74 Å². The van der Waals surface area contributed by atoms with Gasteiger partial charge in [0.2, 0.25) is 0 Å². The van der Waals surface area contributed by atoms with Crippen LogP contribution in [0.1, 0.15) is 23.6 Å². The molecule has 1 atom stereocenters. The zero-order valence-electron chi connectivity index (χ0n) is 12.1. The Morgan fingerprint density at radius 3 is 2.50 bits per heavy atom. The summed E-state index contributed by atoms with van der Waals surface area (Å²) in [5, 5.41) is 3.39. The van der Waals surface area contributed by atoms with Gasteiger partial charge in [-0.3, -0.25) is 0 Å². The minimum Gasteiger partial charge on any atom is -0.385 e. The number of benzene rings is 1. The Kier molecular flexibility index (Phi) is 6.94. The molecule has 1 aromatic rings. The molecule has 3 heteroatoms. The van der Waals surface area contributed by atoms with E-state index in [4.69, 9.17) is 4.74 Å². The molecule has 0 saturated heterocycles. The van der Waals surface area contributed by atoms with Gasteiger partial charge >= 0.3 is 0 Å².